The molecule has 0 radical (unpaired) electrons. The third-order valence-electron chi connectivity index (χ3n) is 15.5. The molecule has 10 heteroatoms. The maximum Gasteiger partial charge on any atom is 0.314 e. The first-order valence-electron chi connectivity index (χ1n) is 27.5. The minimum atomic E-state index is -3.06. The first-order chi connectivity index (χ1) is 35.2. The first-order valence-corrected chi connectivity index (χ1v) is 27.5. The van der Waals surface area contributed by atoms with Crippen LogP contribution in [0.4, 0.5) is 11.4 Å². The Morgan fingerprint density at radius 2 is 0.904 bits per heavy atom. The summed E-state index contributed by atoms with van der Waals surface area (Å²) in [7, 11) is 0. The van der Waals surface area contributed by atoms with Gasteiger partial charge in [0.05, 0.1) is 11.8 Å². The maximum absolute atomic E-state index is 14.3. The number of benzene rings is 4. The molecule has 0 spiro atoms. The summed E-state index contributed by atoms with van der Waals surface area (Å²) in [5, 5.41) is 24.6. The summed E-state index contributed by atoms with van der Waals surface area (Å²) < 4.78 is 11.6. The minimum Gasteiger partial charge on any atom is -0.426 e. The topological polar surface area (TPSA) is 179 Å². The molecule has 6 N–H and O–H groups in total. The van der Waals surface area contributed by atoms with Gasteiger partial charge in [-0.2, -0.15) is 0 Å². The molecular weight excluding hydrogens is 913 g/mol. The van der Waals surface area contributed by atoms with E-state index in [2.05, 4.69) is 13.8 Å². The summed E-state index contributed by atoms with van der Waals surface area (Å²) in [5.74, 6) is -3.00. The number of unbranched alkanes of at least 4 members (excludes halogenated alkanes) is 8. The molecule has 2 aliphatic carbocycles. The Kier molecular flexibility index (Phi) is 22.1. The number of ether oxygens (including phenoxy) is 2. The van der Waals surface area contributed by atoms with Crippen molar-refractivity contribution in [2.24, 2.45) is 29.1 Å². The molecule has 0 bridgehead atoms. The number of nitrogen functional groups attached to an aromatic ring is 2. The number of carbonyl (C=O) groups is 4. The first kappa shape index (κ1) is 56.5. The molecule has 0 heterocycles. The second-order valence-electron chi connectivity index (χ2n) is 21.3. The molecule has 0 aromatic heterocycles. The van der Waals surface area contributed by atoms with Gasteiger partial charge in [-0.05, 0) is 159 Å². The molecule has 0 unspecified atom stereocenters. The molecule has 73 heavy (non-hydrogen) atoms. The van der Waals surface area contributed by atoms with Crippen LogP contribution in [0, 0.1) is 29.1 Å². The number of anilines is 2. The highest BCUT2D eigenvalue weighted by molar-refractivity contribution is 6.01. The molecule has 6 rings (SSSR count). The molecule has 4 aromatic carbocycles. The number of hydrogen-bond donors (Lipinski definition) is 4. The molecule has 2 fully saturated rings. The zero-order chi connectivity index (χ0) is 52.1. The second kappa shape index (κ2) is 28.6. The van der Waals surface area contributed by atoms with Gasteiger partial charge < -0.3 is 31.2 Å². The van der Waals surface area contributed by atoms with E-state index in [1.54, 1.807) is 103 Å². The second-order valence-corrected chi connectivity index (χ2v) is 21.3. The van der Waals surface area contributed by atoms with Gasteiger partial charge in [0.2, 0.25) is 11.6 Å². The van der Waals surface area contributed by atoms with E-state index < -0.39 is 29.2 Å². The lowest BCUT2D eigenvalue weighted by molar-refractivity contribution is -0.230. The Hall–Kier alpha value is -5.84. The van der Waals surface area contributed by atoms with Crippen LogP contribution in [-0.4, -0.2) is 39.5 Å². The molecule has 0 amide bonds. The monoisotopic (exact) mass is 995 g/mol. The van der Waals surface area contributed by atoms with Gasteiger partial charge in [0, 0.05) is 23.2 Å². The average molecular weight is 995 g/mol. The minimum absolute atomic E-state index is 0.0780. The fraction of sp³-hybridized carbons (Fsp3) is 0.492. The van der Waals surface area contributed by atoms with Crippen LogP contribution in [0.15, 0.2) is 109 Å². The Labute approximate surface area is 435 Å². The Morgan fingerprint density at radius 3 is 1.30 bits per heavy atom. The zero-order valence-electron chi connectivity index (χ0n) is 43.6. The number of ketones is 2. The van der Waals surface area contributed by atoms with Crippen LogP contribution in [-0.2, 0) is 32.0 Å². The van der Waals surface area contributed by atoms with E-state index in [4.69, 9.17) is 20.9 Å². The van der Waals surface area contributed by atoms with Gasteiger partial charge in [-0.3, -0.25) is 19.2 Å². The van der Waals surface area contributed by atoms with E-state index in [0.29, 0.717) is 57.0 Å². The molecule has 0 aliphatic heterocycles. The van der Waals surface area contributed by atoms with Gasteiger partial charge in [-0.15, -0.1) is 0 Å². The largest absolute Gasteiger partial charge is 0.426 e. The van der Waals surface area contributed by atoms with Gasteiger partial charge in [-0.1, -0.05) is 152 Å². The van der Waals surface area contributed by atoms with Crippen LogP contribution in [0.2, 0.25) is 0 Å². The van der Waals surface area contributed by atoms with E-state index in [1.807, 2.05) is 0 Å². The molecule has 2 saturated carbocycles. The Bertz CT molecular complexity index is 2340. The van der Waals surface area contributed by atoms with Gasteiger partial charge >= 0.3 is 11.9 Å². The lowest BCUT2D eigenvalue weighted by atomic mass is 9.65. The number of aliphatic hydroxyl groups is 2. The molecular formula is C63H82N2O8. The molecule has 0 atom stereocenters. The van der Waals surface area contributed by atoms with Gasteiger partial charge in [0.1, 0.15) is 11.5 Å². The molecule has 4 aromatic rings. The Morgan fingerprint density at radius 1 is 0.521 bits per heavy atom. The van der Waals surface area contributed by atoms with Crippen LogP contribution in [0.3, 0.4) is 0 Å². The third-order valence-corrected chi connectivity index (χ3v) is 15.5. The van der Waals surface area contributed by atoms with Crippen molar-refractivity contribution in [2.75, 3.05) is 11.5 Å². The van der Waals surface area contributed by atoms with Crippen molar-refractivity contribution in [1.82, 2.24) is 0 Å². The Balaban J connectivity index is 1.11. The molecule has 392 valence electrons. The van der Waals surface area contributed by atoms with Gasteiger partial charge in [-0.25, -0.2) is 0 Å². The summed E-state index contributed by atoms with van der Waals surface area (Å²) >= 11 is 0. The average Bonchev–Trinajstić information content (AvgIpc) is 3.39. The summed E-state index contributed by atoms with van der Waals surface area (Å²) in [6, 6.07) is 27.4. The molecule has 10 nitrogen and oxygen atoms in total. The van der Waals surface area contributed by atoms with E-state index in [0.717, 1.165) is 57.4 Å². The number of allylic oxidation sites excluding steroid dienone is 1. The predicted octanol–water partition coefficient (Wildman–Crippen LogP) is 13.4. The summed E-state index contributed by atoms with van der Waals surface area (Å²) in [4.78, 5) is 54.7. The van der Waals surface area contributed by atoms with E-state index in [-0.39, 0.29) is 36.6 Å². The van der Waals surface area contributed by atoms with Crippen molar-refractivity contribution in [1.29, 1.82) is 0 Å². The standard InChI is InChI=1S/C63H82N2O8/c1-3-5-7-9-11-13-46-15-29-52(30-16-46)60(68)72-57-38-24-48(25-39-57)23-37-56(66)45-62(43-50-19-33-54(64)34-20-50,44-51-21-35-55(65)36-22-51)63(70,71)59(67)42-28-49-26-40-58(41-27-49)73-61(69)53-31-17-47(18-32-53)14-12-10-8-6-4-2/h19-28,33-42,46-47,52-53,70-71H,3-18,29-32,43-45,64-65H2,1-2H3/b37-23+,42-28+. The summed E-state index contributed by atoms with van der Waals surface area (Å²) in [6.45, 7) is 4.46. The predicted molar refractivity (Wildman–Crippen MR) is 293 cm³/mol. The van der Waals surface area contributed by atoms with Crippen LogP contribution in [0.25, 0.3) is 12.2 Å². The highest BCUT2D eigenvalue weighted by atomic mass is 16.5. The number of esters is 2. The van der Waals surface area contributed by atoms with Gasteiger partial charge in [0.25, 0.3) is 0 Å². The van der Waals surface area contributed by atoms with Crippen molar-refractivity contribution in [3.8, 4) is 11.5 Å². The van der Waals surface area contributed by atoms with Crippen LogP contribution >= 0.6 is 0 Å². The van der Waals surface area contributed by atoms with E-state index >= 15 is 0 Å². The highest BCUT2D eigenvalue weighted by Crippen LogP contribution is 2.43. The lowest BCUT2D eigenvalue weighted by Gasteiger charge is -2.42. The number of hydrogen-bond acceptors (Lipinski definition) is 10. The normalized spacial score (nSPS) is 18.5. The fourth-order valence-corrected chi connectivity index (χ4v) is 10.9. The van der Waals surface area contributed by atoms with E-state index in [9.17, 15) is 29.4 Å². The molecule has 2 aliphatic rings. The van der Waals surface area contributed by atoms with Crippen molar-refractivity contribution in [2.45, 2.75) is 167 Å². The van der Waals surface area contributed by atoms with Crippen molar-refractivity contribution in [3.05, 3.63) is 131 Å². The van der Waals surface area contributed by atoms with Crippen LogP contribution in [0.5, 0.6) is 11.5 Å². The van der Waals surface area contributed by atoms with Crippen molar-refractivity contribution in [3.63, 3.8) is 0 Å². The highest BCUT2D eigenvalue weighted by Gasteiger charge is 2.54. The van der Waals surface area contributed by atoms with Crippen LogP contribution in [0.1, 0.15) is 171 Å². The zero-order valence-corrected chi connectivity index (χ0v) is 43.6. The number of carbonyl (C=O) groups excluding carboxylic acids is 4. The third kappa shape index (κ3) is 17.7. The number of rotatable bonds is 28. The van der Waals surface area contributed by atoms with Crippen molar-refractivity contribution >= 4 is 47.0 Å². The van der Waals surface area contributed by atoms with Crippen molar-refractivity contribution < 1.29 is 38.9 Å². The fourth-order valence-electron chi connectivity index (χ4n) is 10.9. The summed E-state index contributed by atoms with van der Waals surface area (Å²) in [5.41, 5.74) is 13.8. The van der Waals surface area contributed by atoms with E-state index in [1.165, 1.54) is 89.2 Å². The maximum atomic E-state index is 14.3. The SMILES string of the molecule is CCCCCCCC1CCC(C(=O)Oc2ccc(/C=C/C(=O)CC(Cc3ccc(N)cc3)(Cc3ccc(N)cc3)C(O)(O)C(=O)/C=C/c3ccc(OC(=O)C4CCC(CCCCCCC)CC4)cc3)cc2)CC1. The quantitative estimate of drug-likeness (QED) is 0.0107. The van der Waals surface area contributed by atoms with Gasteiger partial charge in [0.15, 0.2) is 5.78 Å². The van der Waals surface area contributed by atoms with Crippen LogP contribution < -0.4 is 20.9 Å². The summed E-state index contributed by atoms with van der Waals surface area (Å²) in [6.07, 6.45) is 27.8. The lowest BCUT2D eigenvalue weighted by Crippen LogP contribution is -2.57. The smallest absolute Gasteiger partial charge is 0.314 e. The number of nitrogens with two attached hydrogens (primary N) is 2. The molecule has 0 saturated heterocycles.